The third-order valence-electron chi connectivity index (χ3n) is 5.42. The summed E-state index contributed by atoms with van der Waals surface area (Å²) in [6, 6.07) is 14.4. The largest absolute Gasteiger partial charge is 0.491 e. The number of likely N-dealkylation sites (N-methyl/N-ethyl adjacent to an activating group) is 1. The van der Waals surface area contributed by atoms with Crippen molar-refractivity contribution in [1.82, 2.24) is 15.1 Å². The molecule has 3 rings (SSSR count). The van der Waals surface area contributed by atoms with Crippen LogP contribution in [0.5, 0.6) is 5.75 Å². The molecule has 1 heterocycles. The standard InChI is InChI=1S/C24H32FN3O2/c1-18(2)30-23-12-8-19(9-13-23)15-26-24(29)28(17-22-5-4-14-27(22)3)16-20-6-10-21(25)11-7-20/h6-13,18,22H,4-5,14-17H2,1-3H3,(H,26,29)/t22-/m1/s1. The van der Waals surface area contributed by atoms with Crippen molar-refractivity contribution in [3.63, 3.8) is 0 Å². The Kier molecular flexibility index (Phi) is 7.69. The fraction of sp³-hybridized carbons (Fsp3) is 0.458. The molecule has 2 aromatic rings. The lowest BCUT2D eigenvalue weighted by Crippen LogP contribution is -2.45. The van der Waals surface area contributed by atoms with Gasteiger partial charge in [0.25, 0.3) is 0 Å². The van der Waals surface area contributed by atoms with Crippen LogP contribution in [0.4, 0.5) is 9.18 Å². The average Bonchev–Trinajstić information content (AvgIpc) is 3.12. The second-order valence-electron chi connectivity index (χ2n) is 8.25. The van der Waals surface area contributed by atoms with Crippen molar-refractivity contribution in [2.75, 3.05) is 20.1 Å². The number of urea groups is 1. The molecular formula is C24H32FN3O2. The maximum absolute atomic E-state index is 13.3. The molecule has 1 fully saturated rings. The summed E-state index contributed by atoms with van der Waals surface area (Å²) < 4.78 is 18.9. The number of nitrogens with zero attached hydrogens (tertiary/aromatic N) is 2. The summed E-state index contributed by atoms with van der Waals surface area (Å²) in [5.74, 6) is 0.553. The maximum atomic E-state index is 13.3. The van der Waals surface area contributed by atoms with Crippen LogP contribution in [0, 0.1) is 5.82 Å². The molecule has 2 aromatic carbocycles. The minimum atomic E-state index is -0.268. The number of ether oxygens (including phenoxy) is 1. The topological polar surface area (TPSA) is 44.8 Å². The predicted octanol–water partition coefficient (Wildman–Crippen LogP) is 4.42. The molecule has 0 aliphatic carbocycles. The molecule has 0 spiro atoms. The first-order valence-electron chi connectivity index (χ1n) is 10.6. The fourth-order valence-corrected chi connectivity index (χ4v) is 3.74. The van der Waals surface area contributed by atoms with Crippen molar-refractivity contribution < 1.29 is 13.9 Å². The van der Waals surface area contributed by atoms with E-state index in [9.17, 15) is 9.18 Å². The van der Waals surface area contributed by atoms with Crippen molar-refractivity contribution in [3.05, 3.63) is 65.5 Å². The van der Waals surface area contributed by atoms with E-state index in [2.05, 4.69) is 17.3 Å². The fourth-order valence-electron chi connectivity index (χ4n) is 3.74. The summed E-state index contributed by atoms with van der Waals surface area (Å²) in [4.78, 5) is 17.1. The van der Waals surface area contributed by atoms with Gasteiger partial charge in [-0.25, -0.2) is 9.18 Å². The first-order chi connectivity index (χ1) is 14.4. The van der Waals surface area contributed by atoms with Crippen molar-refractivity contribution in [1.29, 1.82) is 0 Å². The Morgan fingerprint density at radius 3 is 2.43 bits per heavy atom. The van der Waals surface area contributed by atoms with E-state index < -0.39 is 0 Å². The normalized spacial score (nSPS) is 16.6. The number of carbonyl (C=O) groups excluding carboxylic acids is 1. The van der Waals surface area contributed by atoms with Gasteiger partial charge in [0.1, 0.15) is 11.6 Å². The minimum absolute atomic E-state index is 0.109. The van der Waals surface area contributed by atoms with E-state index in [1.807, 2.05) is 43.0 Å². The van der Waals surface area contributed by atoms with E-state index in [0.29, 0.717) is 25.7 Å². The third kappa shape index (κ3) is 6.46. The van der Waals surface area contributed by atoms with Crippen LogP contribution in [-0.2, 0) is 13.1 Å². The average molecular weight is 414 g/mol. The van der Waals surface area contributed by atoms with Crippen molar-refractivity contribution in [2.24, 2.45) is 0 Å². The van der Waals surface area contributed by atoms with Gasteiger partial charge in [0.05, 0.1) is 6.10 Å². The van der Waals surface area contributed by atoms with Gasteiger partial charge < -0.3 is 19.9 Å². The number of benzene rings is 2. The molecule has 5 nitrogen and oxygen atoms in total. The zero-order chi connectivity index (χ0) is 21.5. The van der Waals surface area contributed by atoms with Crippen LogP contribution in [0.1, 0.15) is 37.8 Å². The van der Waals surface area contributed by atoms with E-state index in [1.165, 1.54) is 12.1 Å². The number of hydrogen-bond acceptors (Lipinski definition) is 3. The number of hydrogen-bond donors (Lipinski definition) is 1. The molecule has 0 saturated carbocycles. The number of nitrogens with one attached hydrogen (secondary N) is 1. The van der Waals surface area contributed by atoms with Gasteiger partial charge in [-0.05, 0) is 75.7 Å². The molecule has 30 heavy (non-hydrogen) atoms. The Morgan fingerprint density at radius 2 is 1.83 bits per heavy atom. The van der Waals surface area contributed by atoms with Crippen LogP contribution < -0.4 is 10.1 Å². The number of rotatable bonds is 8. The monoisotopic (exact) mass is 413 g/mol. The van der Waals surface area contributed by atoms with Crippen LogP contribution in [-0.4, -0.2) is 48.1 Å². The molecule has 0 bridgehead atoms. The molecule has 1 N–H and O–H groups in total. The number of amides is 2. The zero-order valence-corrected chi connectivity index (χ0v) is 18.1. The van der Waals surface area contributed by atoms with Gasteiger partial charge in [-0.1, -0.05) is 24.3 Å². The maximum Gasteiger partial charge on any atom is 0.318 e. The van der Waals surface area contributed by atoms with Gasteiger partial charge in [0.15, 0.2) is 0 Å². The van der Waals surface area contributed by atoms with Crippen molar-refractivity contribution in [3.8, 4) is 5.75 Å². The minimum Gasteiger partial charge on any atom is -0.491 e. The highest BCUT2D eigenvalue weighted by Crippen LogP contribution is 2.18. The van der Waals surface area contributed by atoms with Gasteiger partial charge in [0.2, 0.25) is 0 Å². The van der Waals surface area contributed by atoms with Crippen LogP contribution in [0.3, 0.4) is 0 Å². The Hall–Kier alpha value is -2.60. The molecular weight excluding hydrogens is 381 g/mol. The lowest BCUT2D eigenvalue weighted by Gasteiger charge is -2.29. The molecule has 1 aliphatic rings. The molecule has 162 valence electrons. The Bertz CT molecular complexity index is 808. The van der Waals surface area contributed by atoms with Crippen LogP contribution in [0.2, 0.25) is 0 Å². The summed E-state index contributed by atoms with van der Waals surface area (Å²) in [6.07, 6.45) is 2.36. The number of likely N-dealkylation sites (tertiary alicyclic amines) is 1. The van der Waals surface area contributed by atoms with Gasteiger partial charge in [-0.2, -0.15) is 0 Å². The summed E-state index contributed by atoms with van der Waals surface area (Å²) in [6.45, 7) is 6.60. The molecule has 0 unspecified atom stereocenters. The smallest absolute Gasteiger partial charge is 0.318 e. The molecule has 1 aliphatic heterocycles. The summed E-state index contributed by atoms with van der Waals surface area (Å²) in [7, 11) is 2.10. The molecule has 1 atom stereocenters. The van der Waals surface area contributed by atoms with E-state index in [-0.39, 0.29) is 18.0 Å². The quantitative estimate of drug-likeness (QED) is 0.697. The second kappa shape index (κ2) is 10.4. The molecule has 6 heteroatoms. The van der Waals surface area contributed by atoms with Crippen LogP contribution in [0.25, 0.3) is 0 Å². The van der Waals surface area contributed by atoms with E-state index in [4.69, 9.17) is 4.74 Å². The van der Waals surface area contributed by atoms with E-state index in [0.717, 1.165) is 36.3 Å². The molecule has 0 aromatic heterocycles. The predicted molar refractivity (Wildman–Crippen MR) is 117 cm³/mol. The summed E-state index contributed by atoms with van der Waals surface area (Å²) in [5.41, 5.74) is 1.93. The molecule has 0 radical (unpaired) electrons. The Balaban J connectivity index is 1.62. The molecule has 2 amide bonds. The third-order valence-corrected chi connectivity index (χ3v) is 5.42. The van der Waals surface area contributed by atoms with Crippen molar-refractivity contribution >= 4 is 6.03 Å². The second-order valence-corrected chi connectivity index (χ2v) is 8.25. The number of carbonyl (C=O) groups is 1. The van der Waals surface area contributed by atoms with Gasteiger partial charge >= 0.3 is 6.03 Å². The van der Waals surface area contributed by atoms with Crippen molar-refractivity contribution in [2.45, 2.75) is 51.9 Å². The summed E-state index contributed by atoms with van der Waals surface area (Å²) in [5, 5.41) is 3.03. The van der Waals surface area contributed by atoms with Crippen LogP contribution >= 0.6 is 0 Å². The first kappa shape index (κ1) is 22.1. The highest BCUT2D eigenvalue weighted by Gasteiger charge is 2.25. The zero-order valence-electron chi connectivity index (χ0n) is 18.1. The highest BCUT2D eigenvalue weighted by molar-refractivity contribution is 5.74. The Morgan fingerprint density at radius 1 is 1.17 bits per heavy atom. The van der Waals surface area contributed by atoms with Gasteiger partial charge in [-0.15, -0.1) is 0 Å². The van der Waals surface area contributed by atoms with E-state index >= 15 is 0 Å². The first-order valence-corrected chi connectivity index (χ1v) is 10.6. The summed E-state index contributed by atoms with van der Waals surface area (Å²) >= 11 is 0. The lowest BCUT2D eigenvalue weighted by atomic mass is 10.1. The van der Waals surface area contributed by atoms with Crippen LogP contribution in [0.15, 0.2) is 48.5 Å². The number of halogens is 1. The van der Waals surface area contributed by atoms with Gasteiger partial charge in [-0.3, -0.25) is 0 Å². The lowest BCUT2D eigenvalue weighted by molar-refractivity contribution is 0.172. The Labute approximate surface area is 178 Å². The van der Waals surface area contributed by atoms with Gasteiger partial charge in [0, 0.05) is 25.7 Å². The molecule has 1 saturated heterocycles. The highest BCUT2D eigenvalue weighted by atomic mass is 19.1. The van der Waals surface area contributed by atoms with E-state index in [1.54, 1.807) is 12.1 Å². The SMILES string of the molecule is CC(C)Oc1ccc(CNC(=O)N(Cc2ccc(F)cc2)C[C@H]2CCCN2C)cc1.